The zero-order valence-electron chi connectivity index (χ0n) is 9.13. The number of nitrogens with two attached hydrogens (primary N) is 1. The van der Waals surface area contributed by atoms with E-state index < -0.39 is 0 Å². The number of hydrogen-bond donors (Lipinski definition) is 1. The molecule has 0 aromatic rings. The Morgan fingerprint density at radius 2 is 1.92 bits per heavy atom. The van der Waals surface area contributed by atoms with Crippen molar-refractivity contribution in [2.45, 2.75) is 58.0 Å². The van der Waals surface area contributed by atoms with Gasteiger partial charge in [0.05, 0.1) is 0 Å². The molecule has 78 valence electrons. The van der Waals surface area contributed by atoms with Crippen molar-refractivity contribution < 1.29 is 0 Å². The SMILES string of the molecule is CCC(CC)N(CCCN)C1CC1. The second kappa shape index (κ2) is 5.61. The van der Waals surface area contributed by atoms with Gasteiger partial charge in [0.2, 0.25) is 0 Å². The average Bonchev–Trinajstić information content (AvgIpc) is 2.95. The van der Waals surface area contributed by atoms with E-state index in [9.17, 15) is 0 Å². The molecule has 0 unspecified atom stereocenters. The third-order valence-electron chi connectivity index (χ3n) is 3.05. The molecule has 0 saturated heterocycles. The highest BCUT2D eigenvalue weighted by Gasteiger charge is 2.31. The lowest BCUT2D eigenvalue weighted by atomic mass is 10.1. The van der Waals surface area contributed by atoms with Crippen LogP contribution in [0.25, 0.3) is 0 Å². The number of nitrogens with zero attached hydrogens (tertiary/aromatic N) is 1. The smallest absolute Gasteiger partial charge is 0.00993 e. The highest BCUT2D eigenvalue weighted by molar-refractivity contribution is 4.87. The van der Waals surface area contributed by atoms with Gasteiger partial charge in [-0.15, -0.1) is 0 Å². The van der Waals surface area contributed by atoms with E-state index >= 15 is 0 Å². The average molecular weight is 184 g/mol. The Labute approximate surface area is 82.5 Å². The molecule has 2 nitrogen and oxygen atoms in total. The maximum atomic E-state index is 5.55. The third-order valence-corrected chi connectivity index (χ3v) is 3.05. The van der Waals surface area contributed by atoms with Crippen molar-refractivity contribution in [2.24, 2.45) is 5.73 Å². The zero-order valence-corrected chi connectivity index (χ0v) is 9.13. The summed E-state index contributed by atoms with van der Waals surface area (Å²) in [4.78, 5) is 2.69. The molecule has 1 aliphatic rings. The first kappa shape index (κ1) is 11.0. The molecule has 0 amide bonds. The van der Waals surface area contributed by atoms with Crippen molar-refractivity contribution in [3.63, 3.8) is 0 Å². The van der Waals surface area contributed by atoms with Crippen molar-refractivity contribution in [3.05, 3.63) is 0 Å². The fraction of sp³-hybridized carbons (Fsp3) is 1.00. The predicted octanol–water partition coefficient (Wildman–Crippen LogP) is 1.99. The first-order chi connectivity index (χ1) is 6.33. The van der Waals surface area contributed by atoms with Crippen LogP contribution in [0.2, 0.25) is 0 Å². The van der Waals surface area contributed by atoms with Gasteiger partial charge in [-0.3, -0.25) is 4.90 Å². The minimum atomic E-state index is 0.805. The monoisotopic (exact) mass is 184 g/mol. The summed E-state index contributed by atoms with van der Waals surface area (Å²) in [6, 6.07) is 1.70. The summed E-state index contributed by atoms with van der Waals surface area (Å²) >= 11 is 0. The van der Waals surface area contributed by atoms with Crippen molar-refractivity contribution in [2.75, 3.05) is 13.1 Å². The Balaban J connectivity index is 2.34. The Morgan fingerprint density at radius 1 is 1.31 bits per heavy atom. The molecule has 0 radical (unpaired) electrons. The second-order valence-corrected chi connectivity index (χ2v) is 4.08. The Morgan fingerprint density at radius 3 is 2.31 bits per heavy atom. The van der Waals surface area contributed by atoms with Crippen LogP contribution in [0.4, 0.5) is 0 Å². The second-order valence-electron chi connectivity index (χ2n) is 4.08. The lowest BCUT2D eigenvalue weighted by Gasteiger charge is -2.30. The summed E-state index contributed by atoms with van der Waals surface area (Å²) in [6.07, 6.45) is 6.57. The van der Waals surface area contributed by atoms with E-state index in [1.54, 1.807) is 0 Å². The molecule has 0 heterocycles. The van der Waals surface area contributed by atoms with Gasteiger partial charge in [0.15, 0.2) is 0 Å². The van der Waals surface area contributed by atoms with E-state index in [0.29, 0.717) is 0 Å². The topological polar surface area (TPSA) is 29.3 Å². The van der Waals surface area contributed by atoms with E-state index in [4.69, 9.17) is 5.73 Å². The van der Waals surface area contributed by atoms with Crippen LogP contribution < -0.4 is 5.73 Å². The van der Waals surface area contributed by atoms with E-state index in [0.717, 1.165) is 25.0 Å². The summed E-state index contributed by atoms with van der Waals surface area (Å²) in [5, 5.41) is 0. The normalized spacial score (nSPS) is 17.3. The van der Waals surface area contributed by atoms with Gasteiger partial charge in [-0.05, 0) is 45.2 Å². The largest absolute Gasteiger partial charge is 0.330 e. The summed E-state index contributed by atoms with van der Waals surface area (Å²) in [6.45, 7) is 6.65. The fourth-order valence-electron chi connectivity index (χ4n) is 2.10. The lowest BCUT2D eigenvalue weighted by Crippen LogP contribution is -2.37. The van der Waals surface area contributed by atoms with E-state index in [1.165, 1.54) is 32.2 Å². The van der Waals surface area contributed by atoms with Gasteiger partial charge in [-0.1, -0.05) is 13.8 Å². The molecular weight excluding hydrogens is 160 g/mol. The van der Waals surface area contributed by atoms with Gasteiger partial charge in [-0.2, -0.15) is 0 Å². The molecular formula is C11H24N2. The van der Waals surface area contributed by atoms with Crippen LogP contribution in [0, 0.1) is 0 Å². The van der Waals surface area contributed by atoms with Gasteiger partial charge >= 0.3 is 0 Å². The third kappa shape index (κ3) is 3.28. The molecule has 2 heteroatoms. The van der Waals surface area contributed by atoms with Crippen LogP contribution in [0.1, 0.15) is 46.0 Å². The molecule has 2 N–H and O–H groups in total. The number of rotatable bonds is 7. The van der Waals surface area contributed by atoms with Crippen molar-refractivity contribution in [1.82, 2.24) is 4.90 Å². The van der Waals surface area contributed by atoms with E-state index in [2.05, 4.69) is 18.7 Å². The highest BCUT2D eigenvalue weighted by atomic mass is 15.2. The first-order valence-corrected chi connectivity index (χ1v) is 5.79. The maximum absolute atomic E-state index is 5.55. The molecule has 1 fully saturated rings. The van der Waals surface area contributed by atoms with Crippen molar-refractivity contribution in [1.29, 1.82) is 0 Å². The molecule has 1 rings (SSSR count). The van der Waals surface area contributed by atoms with Crippen LogP contribution in [0.5, 0.6) is 0 Å². The maximum Gasteiger partial charge on any atom is 0.00993 e. The van der Waals surface area contributed by atoms with Crippen molar-refractivity contribution in [3.8, 4) is 0 Å². The predicted molar refractivity (Wildman–Crippen MR) is 57.8 cm³/mol. The minimum absolute atomic E-state index is 0.805. The fourth-order valence-corrected chi connectivity index (χ4v) is 2.10. The Kier molecular flexibility index (Phi) is 4.74. The van der Waals surface area contributed by atoms with Gasteiger partial charge < -0.3 is 5.73 Å². The molecule has 1 aliphatic carbocycles. The molecule has 0 aromatic heterocycles. The summed E-state index contributed by atoms with van der Waals surface area (Å²) in [7, 11) is 0. The molecule has 1 saturated carbocycles. The van der Waals surface area contributed by atoms with Crippen LogP contribution in [0.15, 0.2) is 0 Å². The molecule has 0 atom stereocenters. The van der Waals surface area contributed by atoms with Crippen LogP contribution in [0.3, 0.4) is 0 Å². The van der Waals surface area contributed by atoms with Gasteiger partial charge in [0.25, 0.3) is 0 Å². The molecule has 13 heavy (non-hydrogen) atoms. The summed E-state index contributed by atoms with van der Waals surface area (Å²) in [5.74, 6) is 0. The molecule has 0 aromatic carbocycles. The van der Waals surface area contributed by atoms with E-state index in [1.807, 2.05) is 0 Å². The summed E-state index contributed by atoms with van der Waals surface area (Å²) < 4.78 is 0. The summed E-state index contributed by atoms with van der Waals surface area (Å²) in [5.41, 5.74) is 5.55. The zero-order chi connectivity index (χ0) is 9.68. The standard InChI is InChI=1S/C11H24N2/c1-3-10(4-2)13(9-5-8-12)11-6-7-11/h10-11H,3-9,12H2,1-2H3. The van der Waals surface area contributed by atoms with Gasteiger partial charge in [0.1, 0.15) is 0 Å². The highest BCUT2D eigenvalue weighted by Crippen LogP contribution is 2.30. The molecule has 0 bridgehead atoms. The quantitative estimate of drug-likeness (QED) is 0.655. The van der Waals surface area contributed by atoms with Gasteiger partial charge in [0, 0.05) is 12.1 Å². The lowest BCUT2D eigenvalue weighted by molar-refractivity contribution is 0.175. The molecule has 0 spiro atoms. The van der Waals surface area contributed by atoms with Crippen LogP contribution >= 0.6 is 0 Å². The van der Waals surface area contributed by atoms with Crippen LogP contribution in [-0.2, 0) is 0 Å². The minimum Gasteiger partial charge on any atom is -0.330 e. The first-order valence-electron chi connectivity index (χ1n) is 5.79. The van der Waals surface area contributed by atoms with Gasteiger partial charge in [-0.25, -0.2) is 0 Å². The molecule has 0 aliphatic heterocycles. The van der Waals surface area contributed by atoms with Crippen LogP contribution in [-0.4, -0.2) is 30.1 Å². The van der Waals surface area contributed by atoms with E-state index in [-0.39, 0.29) is 0 Å². The number of hydrogen-bond acceptors (Lipinski definition) is 2. The Hall–Kier alpha value is -0.0800. The Bertz CT molecular complexity index is 128. The van der Waals surface area contributed by atoms with Crippen molar-refractivity contribution >= 4 is 0 Å².